The van der Waals surface area contributed by atoms with Crippen molar-refractivity contribution in [1.82, 2.24) is 0 Å². The molecule has 16 heavy (non-hydrogen) atoms. The van der Waals surface area contributed by atoms with Gasteiger partial charge in [0.15, 0.2) is 0 Å². The molecular weight excluding hydrogens is 238 g/mol. The van der Waals surface area contributed by atoms with E-state index >= 15 is 0 Å². The van der Waals surface area contributed by atoms with E-state index in [0.29, 0.717) is 10.6 Å². The minimum absolute atomic E-state index is 0.407. The van der Waals surface area contributed by atoms with Crippen LogP contribution in [0.3, 0.4) is 0 Å². The smallest absolute Gasteiger partial charge is 0.315 e. The summed E-state index contributed by atoms with van der Waals surface area (Å²) in [5, 5.41) is 0.474. The Balaban J connectivity index is 2.24. The molecule has 1 aliphatic rings. The summed E-state index contributed by atoms with van der Waals surface area (Å²) in [6, 6.07) is 6.06. The zero-order valence-electron chi connectivity index (χ0n) is 8.41. The highest BCUT2D eigenvalue weighted by atomic mass is 35.5. The molecule has 0 saturated heterocycles. The van der Waals surface area contributed by atoms with E-state index in [1.54, 1.807) is 0 Å². The van der Waals surface area contributed by atoms with E-state index in [1.807, 2.05) is 0 Å². The predicted molar refractivity (Wildman–Crippen MR) is 54.6 cm³/mol. The van der Waals surface area contributed by atoms with Gasteiger partial charge >= 0.3 is 5.97 Å². The van der Waals surface area contributed by atoms with Gasteiger partial charge in [0.2, 0.25) is 0 Å². The Bertz CT molecular complexity index is 416. The number of hydrogen-bond donors (Lipinski definition) is 0. The number of methoxy groups -OCH3 is 1. The molecule has 1 fully saturated rings. The summed E-state index contributed by atoms with van der Waals surface area (Å²) in [4.78, 5) is 11.1. The van der Waals surface area contributed by atoms with Crippen LogP contribution < -0.4 is 0 Å². The third-order valence-electron chi connectivity index (χ3n) is 2.74. The van der Waals surface area contributed by atoms with E-state index in [-0.39, 0.29) is 0 Å². The van der Waals surface area contributed by atoms with Crippen molar-refractivity contribution in [1.29, 1.82) is 0 Å². The normalized spacial score (nSPS) is 26.2. The Morgan fingerprint density at radius 2 is 1.94 bits per heavy atom. The molecule has 0 bridgehead atoms. The molecule has 86 valence electrons. The number of benzene rings is 1. The fourth-order valence-corrected chi connectivity index (χ4v) is 1.96. The maximum absolute atomic E-state index is 13.4. The van der Waals surface area contributed by atoms with E-state index in [1.165, 1.54) is 24.3 Å². The minimum atomic E-state index is -3.01. The molecule has 0 amide bonds. The zero-order chi connectivity index (χ0) is 11.9. The molecule has 1 aromatic carbocycles. The van der Waals surface area contributed by atoms with E-state index in [0.717, 1.165) is 7.11 Å². The lowest BCUT2D eigenvalue weighted by Gasteiger charge is -1.98. The van der Waals surface area contributed by atoms with Gasteiger partial charge in [0.05, 0.1) is 13.0 Å². The second-order valence-corrected chi connectivity index (χ2v) is 4.14. The van der Waals surface area contributed by atoms with Gasteiger partial charge in [-0.15, -0.1) is 0 Å². The first-order valence-corrected chi connectivity index (χ1v) is 5.07. The van der Waals surface area contributed by atoms with Gasteiger partial charge in [0, 0.05) is 5.02 Å². The molecule has 0 radical (unpaired) electrons. The second-order valence-electron chi connectivity index (χ2n) is 3.70. The van der Waals surface area contributed by atoms with Gasteiger partial charge in [-0.25, -0.2) is 8.78 Å². The molecule has 0 unspecified atom stereocenters. The van der Waals surface area contributed by atoms with Crippen LogP contribution >= 0.6 is 11.6 Å². The Morgan fingerprint density at radius 1 is 1.38 bits per heavy atom. The first-order valence-electron chi connectivity index (χ1n) is 4.69. The number of esters is 1. The topological polar surface area (TPSA) is 26.3 Å². The van der Waals surface area contributed by atoms with Crippen molar-refractivity contribution >= 4 is 17.6 Å². The molecule has 1 aromatic rings. The van der Waals surface area contributed by atoms with Gasteiger partial charge in [-0.05, 0) is 17.7 Å². The van der Waals surface area contributed by atoms with Crippen LogP contribution in [0.5, 0.6) is 0 Å². The number of carbonyl (C=O) groups excluding carboxylic acids is 1. The zero-order valence-corrected chi connectivity index (χ0v) is 9.17. The van der Waals surface area contributed by atoms with Crippen LogP contribution in [0, 0.1) is 5.92 Å². The van der Waals surface area contributed by atoms with Crippen molar-refractivity contribution in [2.45, 2.75) is 11.8 Å². The molecule has 2 rings (SSSR count). The van der Waals surface area contributed by atoms with Crippen LogP contribution in [0.1, 0.15) is 11.5 Å². The van der Waals surface area contributed by atoms with Crippen molar-refractivity contribution in [2.75, 3.05) is 7.11 Å². The first-order chi connectivity index (χ1) is 7.48. The maximum Gasteiger partial charge on any atom is 0.315 e. The third kappa shape index (κ3) is 1.67. The van der Waals surface area contributed by atoms with Gasteiger partial charge in [-0.1, -0.05) is 23.7 Å². The Morgan fingerprint density at radius 3 is 2.44 bits per heavy atom. The number of hydrogen-bond acceptors (Lipinski definition) is 2. The standard InChI is InChI=1S/C11H9ClF2O2/c1-16-10(15)9-8(11(9,13)14)6-2-4-7(12)5-3-6/h2-5,8-9H,1H3/t8-,9-/m0/s1. The van der Waals surface area contributed by atoms with Crippen LogP contribution in [-0.4, -0.2) is 19.0 Å². The summed E-state index contributed by atoms with van der Waals surface area (Å²) in [5.41, 5.74) is 0.407. The van der Waals surface area contributed by atoms with E-state index < -0.39 is 23.7 Å². The van der Waals surface area contributed by atoms with Crippen LogP contribution in [0.25, 0.3) is 0 Å². The van der Waals surface area contributed by atoms with E-state index in [4.69, 9.17) is 11.6 Å². The molecule has 0 aromatic heterocycles. The van der Waals surface area contributed by atoms with Crippen molar-refractivity contribution in [3.05, 3.63) is 34.9 Å². The lowest BCUT2D eigenvalue weighted by atomic mass is 10.1. The fourth-order valence-electron chi connectivity index (χ4n) is 1.83. The molecular formula is C11H9ClF2O2. The first kappa shape index (κ1) is 11.3. The number of alkyl halides is 2. The molecule has 1 saturated carbocycles. The minimum Gasteiger partial charge on any atom is -0.469 e. The largest absolute Gasteiger partial charge is 0.469 e. The lowest BCUT2D eigenvalue weighted by molar-refractivity contribution is -0.144. The Hall–Kier alpha value is -1.16. The summed E-state index contributed by atoms with van der Waals surface area (Å²) in [6.45, 7) is 0. The van der Waals surface area contributed by atoms with Crippen molar-refractivity contribution < 1.29 is 18.3 Å². The number of carbonyl (C=O) groups is 1. The molecule has 0 spiro atoms. The molecule has 0 heterocycles. The molecule has 2 atom stereocenters. The monoisotopic (exact) mass is 246 g/mol. The van der Waals surface area contributed by atoms with Crippen molar-refractivity contribution in [3.63, 3.8) is 0 Å². The number of rotatable bonds is 2. The maximum atomic E-state index is 13.4. The number of ether oxygens (including phenoxy) is 1. The van der Waals surface area contributed by atoms with E-state index in [2.05, 4.69) is 4.74 Å². The van der Waals surface area contributed by atoms with Crippen LogP contribution in [-0.2, 0) is 9.53 Å². The highest BCUT2D eigenvalue weighted by Gasteiger charge is 2.73. The Labute approximate surface area is 96.2 Å². The molecule has 0 N–H and O–H groups in total. The highest BCUT2D eigenvalue weighted by molar-refractivity contribution is 6.30. The Kier molecular flexibility index (Phi) is 2.62. The lowest BCUT2D eigenvalue weighted by Crippen LogP contribution is -2.08. The van der Waals surface area contributed by atoms with Gasteiger partial charge in [-0.2, -0.15) is 0 Å². The molecule has 1 aliphatic carbocycles. The quantitative estimate of drug-likeness (QED) is 0.750. The van der Waals surface area contributed by atoms with Gasteiger partial charge in [0.1, 0.15) is 5.92 Å². The summed E-state index contributed by atoms with van der Waals surface area (Å²) in [6.07, 6.45) is 0. The summed E-state index contributed by atoms with van der Waals surface area (Å²) in [7, 11) is 1.11. The average Bonchev–Trinajstić information content (AvgIpc) is 2.82. The summed E-state index contributed by atoms with van der Waals surface area (Å²) >= 11 is 5.65. The molecule has 2 nitrogen and oxygen atoms in total. The van der Waals surface area contributed by atoms with E-state index in [9.17, 15) is 13.6 Å². The van der Waals surface area contributed by atoms with Crippen LogP contribution in [0.15, 0.2) is 24.3 Å². The van der Waals surface area contributed by atoms with Crippen molar-refractivity contribution in [2.24, 2.45) is 5.92 Å². The summed E-state index contributed by atoms with van der Waals surface area (Å²) in [5.74, 6) is -6.33. The fraction of sp³-hybridized carbons (Fsp3) is 0.364. The van der Waals surface area contributed by atoms with Gasteiger partial charge < -0.3 is 4.74 Å². The van der Waals surface area contributed by atoms with Gasteiger partial charge in [-0.3, -0.25) is 4.79 Å². The molecule has 0 aliphatic heterocycles. The van der Waals surface area contributed by atoms with Gasteiger partial charge in [0.25, 0.3) is 5.92 Å². The predicted octanol–water partition coefficient (Wildman–Crippen LogP) is 2.86. The van der Waals surface area contributed by atoms with Crippen LogP contribution in [0.4, 0.5) is 8.78 Å². The van der Waals surface area contributed by atoms with Crippen LogP contribution in [0.2, 0.25) is 5.02 Å². The SMILES string of the molecule is COC(=O)[C@@H]1[C@H](c2ccc(Cl)cc2)C1(F)F. The third-order valence-corrected chi connectivity index (χ3v) is 2.99. The average molecular weight is 247 g/mol. The summed E-state index contributed by atoms with van der Waals surface area (Å²) < 4.78 is 31.0. The molecule has 5 heteroatoms. The van der Waals surface area contributed by atoms with Crippen molar-refractivity contribution in [3.8, 4) is 0 Å². The second kappa shape index (κ2) is 3.70. The highest BCUT2D eigenvalue weighted by Crippen LogP contribution is 2.61. The number of halogens is 3.